The van der Waals surface area contributed by atoms with E-state index in [1.54, 1.807) is 0 Å². The van der Waals surface area contributed by atoms with Gasteiger partial charge in [0.1, 0.15) is 0 Å². The molecule has 0 aliphatic heterocycles. The summed E-state index contributed by atoms with van der Waals surface area (Å²) >= 11 is 0. The van der Waals surface area contributed by atoms with Crippen LogP contribution in [0.5, 0.6) is 0 Å². The molecule has 0 fully saturated rings. The van der Waals surface area contributed by atoms with Gasteiger partial charge in [0.25, 0.3) is 0 Å². The number of anilines is 1. The third kappa shape index (κ3) is 3.76. The molecule has 0 heterocycles. The van der Waals surface area contributed by atoms with E-state index in [0.29, 0.717) is 0 Å². The Morgan fingerprint density at radius 2 is 1.94 bits per heavy atom. The molecule has 0 saturated carbocycles. The van der Waals surface area contributed by atoms with Gasteiger partial charge in [-0.15, -0.1) is 0 Å². The Morgan fingerprint density at radius 1 is 1.35 bits per heavy atom. The quantitative estimate of drug-likeness (QED) is 0.847. The first kappa shape index (κ1) is 13.5. The van der Waals surface area contributed by atoms with Gasteiger partial charge in [-0.05, 0) is 31.0 Å². The van der Waals surface area contributed by atoms with Crippen LogP contribution in [0.2, 0.25) is 0 Å². The molecule has 0 radical (unpaired) electrons. The lowest BCUT2D eigenvalue weighted by atomic mass is 10.0. The van der Waals surface area contributed by atoms with E-state index >= 15 is 0 Å². The zero-order valence-electron chi connectivity index (χ0n) is 10.9. The van der Waals surface area contributed by atoms with Crippen LogP contribution in [0.4, 0.5) is 5.69 Å². The van der Waals surface area contributed by atoms with Crippen molar-refractivity contribution in [2.75, 3.05) is 18.5 Å². The molecule has 17 heavy (non-hydrogen) atoms. The molecule has 2 N–H and O–H groups in total. The maximum atomic E-state index is 8.79. The molecule has 0 amide bonds. The summed E-state index contributed by atoms with van der Waals surface area (Å²) in [5.41, 5.74) is 8.26. The summed E-state index contributed by atoms with van der Waals surface area (Å²) in [4.78, 5) is 2.09. The van der Waals surface area contributed by atoms with Crippen LogP contribution in [-0.4, -0.2) is 13.6 Å². The first-order valence-corrected chi connectivity index (χ1v) is 6.04. The summed E-state index contributed by atoms with van der Waals surface area (Å²) < 4.78 is 0. The lowest BCUT2D eigenvalue weighted by molar-refractivity contribution is 0.696. The van der Waals surface area contributed by atoms with E-state index < -0.39 is 0 Å². The summed E-state index contributed by atoms with van der Waals surface area (Å²) in [7, 11) is 2.00. The average Bonchev–Trinajstić information content (AvgIpc) is 2.37. The number of rotatable bonds is 5. The van der Waals surface area contributed by atoms with Gasteiger partial charge in [-0.3, -0.25) is 0 Å². The third-order valence-electron chi connectivity index (χ3n) is 2.97. The molecule has 0 saturated heterocycles. The maximum Gasteiger partial charge on any atom is 0.0671 e. The van der Waals surface area contributed by atoms with E-state index in [-0.39, 0.29) is 12.0 Å². The minimum absolute atomic E-state index is 0.0394. The van der Waals surface area contributed by atoms with Crippen LogP contribution in [0.3, 0.4) is 0 Å². The van der Waals surface area contributed by atoms with E-state index in [4.69, 9.17) is 11.0 Å². The number of benzene rings is 1. The van der Waals surface area contributed by atoms with Gasteiger partial charge in [0.05, 0.1) is 12.0 Å². The zero-order valence-corrected chi connectivity index (χ0v) is 10.9. The maximum absolute atomic E-state index is 8.79. The lowest BCUT2D eigenvalue weighted by Crippen LogP contribution is -2.23. The van der Waals surface area contributed by atoms with Crippen LogP contribution in [0, 0.1) is 17.2 Å². The molecule has 0 spiro atoms. The molecule has 2 atom stereocenters. The number of nitrogens with zero attached hydrogens (tertiary/aromatic N) is 2. The molecule has 3 nitrogen and oxygen atoms in total. The second-order valence-electron chi connectivity index (χ2n) is 4.52. The fourth-order valence-electron chi connectivity index (χ4n) is 1.77. The van der Waals surface area contributed by atoms with E-state index in [9.17, 15) is 0 Å². The molecule has 1 aromatic rings. The molecule has 92 valence electrons. The lowest BCUT2D eigenvalue weighted by Gasteiger charge is -2.21. The van der Waals surface area contributed by atoms with Gasteiger partial charge < -0.3 is 10.6 Å². The standard InChI is InChI=1S/C14H21N3/c1-4-14(16)12-5-7-13(8-6-12)17(3)10-11(2)9-15/h5-8,11,14H,4,10,16H2,1-3H3. The van der Waals surface area contributed by atoms with Crippen LogP contribution in [-0.2, 0) is 0 Å². The monoisotopic (exact) mass is 231 g/mol. The Hall–Kier alpha value is -1.53. The minimum Gasteiger partial charge on any atom is -0.373 e. The van der Waals surface area contributed by atoms with Crippen molar-refractivity contribution >= 4 is 5.69 Å². The second kappa shape index (κ2) is 6.27. The highest BCUT2D eigenvalue weighted by Gasteiger charge is 2.07. The van der Waals surface area contributed by atoms with Crippen molar-refractivity contribution in [2.24, 2.45) is 11.7 Å². The fraction of sp³-hybridized carbons (Fsp3) is 0.500. The van der Waals surface area contributed by atoms with E-state index in [2.05, 4.69) is 42.2 Å². The topological polar surface area (TPSA) is 53.0 Å². The molecule has 1 aromatic carbocycles. The predicted octanol–water partition coefficient (Wildman–Crippen LogP) is 2.69. The predicted molar refractivity (Wildman–Crippen MR) is 71.7 cm³/mol. The van der Waals surface area contributed by atoms with Crippen LogP contribution in [0.1, 0.15) is 31.9 Å². The highest BCUT2D eigenvalue weighted by Crippen LogP contribution is 2.19. The summed E-state index contributed by atoms with van der Waals surface area (Å²) in [6, 6.07) is 10.6. The van der Waals surface area contributed by atoms with Gasteiger partial charge in [0.15, 0.2) is 0 Å². The van der Waals surface area contributed by atoms with Crippen molar-refractivity contribution in [3.05, 3.63) is 29.8 Å². The average molecular weight is 231 g/mol. The van der Waals surface area contributed by atoms with Gasteiger partial charge in [0, 0.05) is 25.3 Å². The van der Waals surface area contributed by atoms with Crippen LogP contribution >= 0.6 is 0 Å². The van der Waals surface area contributed by atoms with E-state index in [0.717, 1.165) is 24.2 Å². The van der Waals surface area contributed by atoms with Crippen LogP contribution in [0.25, 0.3) is 0 Å². The van der Waals surface area contributed by atoms with Crippen molar-refractivity contribution in [3.8, 4) is 6.07 Å². The van der Waals surface area contributed by atoms with Gasteiger partial charge in [-0.2, -0.15) is 5.26 Å². The fourth-order valence-corrected chi connectivity index (χ4v) is 1.77. The smallest absolute Gasteiger partial charge is 0.0671 e. The van der Waals surface area contributed by atoms with Gasteiger partial charge in [-0.1, -0.05) is 19.1 Å². The summed E-state index contributed by atoms with van der Waals surface area (Å²) in [6.45, 7) is 4.76. The minimum atomic E-state index is 0.0394. The molecule has 0 aromatic heterocycles. The van der Waals surface area contributed by atoms with Crippen molar-refractivity contribution < 1.29 is 0 Å². The van der Waals surface area contributed by atoms with Crippen LogP contribution in [0.15, 0.2) is 24.3 Å². The van der Waals surface area contributed by atoms with Gasteiger partial charge in [-0.25, -0.2) is 0 Å². The second-order valence-corrected chi connectivity index (χ2v) is 4.52. The SMILES string of the molecule is CCC(N)c1ccc(N(C)CC(C)C#N)cc1. The molecular weight excluding hydrogens is 210 g/mol. The number of hydrogen-bond acceptors (Lipinski definition) is 3. The normalized spacial score (nSPS) is 13.8. The van der Waals surface area contributed by atoms with Crippen molar-refractivity contribution in [2.45, 2.75) is 26.3 Å². The molecule has 2 unspecified atom stereocenters. The van der Waals surface area contributed by atoms with Crippen molar-refractivity contribution in [1.82, 2.24) is 0 Å². The van der Waals surface area contributed by atoms with Crippen molar-refractivity contribution in [1.29, 1.82) is 5.26 Å². The molecular formula is C14H21N3. The van der Waals surface area contributed by atoms with Crippen molar-refractivity contribution in [3.63, 3.8) is 0 Å². The first-order chi connectivity index (χ1) is 8.08. The van der Waals surface area contributed by atoms with Gasteiger partial charge >= 0.3 is 0 Å². The summed E-state index contributed by atoms with van der Waals surface area (Å²) in [5.74, 6) is 0.0394. The number of nitriles is 1. The highest BCUT2D eigenvalue weighted by atomic mass is 15.1. The summed E-state index contributed by atoms with van der Waals surface area (Å²) in [6.07, 6.45) is 0.945. The molecule has 0 aliphatic rings. The molecule has 3 heteroatoms. The van der Waals surface area contributed by atoms with E-state index in [1.165, 1.54) is 0 Å². The third-order valence-corrected chi connectivity index (χ3v) is 2.97. The largest absolute Gasteiger partial charge is 0.373 e. The first-order valence-electron chi connectivity index (χ1n) is 6.04. The van der Waals surface area contributed by atoms with Gasteiger partial charge in [0.2, 0.25) is 0 Å². The number of hydrogen-bond donors (Lipinski definition) is 1. The Bertz CT molecular complexity index is 377. The Balaban J connectivity index is 2.71. The number of nitrogens with two attached hydrogens (primary N) is 1. The van der Waals surface area contributed by atoms with Crippen LogP contribution < -0.4 is 10.6 Å². The Morgan fingerprint density at radius 3 is 2.41 bits per heavy atom. The molecule has 1 rings (SSSR count). The highest BCUT2D eigenvalue weighted by molar-refractivity contribution is 5.47. The Kier molecular flexibility index (Phi) is 4.99. The zero-order chi connectivity index (χ0) is 12.8. The van der Waals surface area contributed by atoms with E-state index in [1.807, 2.05) is 14.0 Å². The summed E-state index contributed by atoms with van der Waals surface area (Å²) in [5, 5.41) is 8.79. The molecule has 0 aliphatic carbocycles. The molecule has 0 bridgehead atoms. The Labute approximate surface area is 104 Å².